The van der Waals surface area contributed by atoms with Crippen LogP contribution in [0.5, 0.6) is 5.75 Å². The minimum atomic E-state index is -0.994. The molecule has 24 heavy (non-hydrogen) atoms. The van der Waals surface area contributed by atoms with Crippen LogP contribution in [0.25, 0.3) is 0 Å². The monoisotopic (exact) mass is 346 g/mol. The molecule has 0 aliphatic rings. The van der Waals surface area contributed by atoms with E-state index in [1.807, 2.05) is 44.2 Å². The number of hydrogen-bond acceptors (Lipinski definition) is 3. The zero-order valence-electron chi connectivity index (χ0n) is 14.1. The molecular formula is C18H22N2O3S. The summed E-state index contributed by atoms with van der Waals surface area (Å²) < 4.78 is 16.9. The van der Waals surface area contributed by atoms with E-state index in [1.54, 1.807) is 18.4 Å². The largest absolute Gasteiger partial charge is 0.494 e. The maximum Gasteiger partial charge on any atom is 0.319 e. The number of anilines is 1. The molecule has 0 saturated carbocycles. The Morgan fingerprint density at radius 2 is 1.88 bits per heavy atom. The standard InChI is InChI=1S/C18H22N2O3S/c1-4-23-17-11-15(8-5-13(17)2)20-18(21)19-12-14-6-9-16(10-7-14)24(3)22/h5-11H,4,12H2,1-3H3,(H2,19,20,21)/t24-/m1/s1. The first kappa shape index (κ1) is 18.0. The topological polar surface area (TPSA) is 67.4 Å². The molecule has 0 saturated heterocycles. The minimum absolute atomic E-state index is 0.288. The Morgan fingerprint density at radius 3 is 2.50 bits per heavy atom. The highest BCUT2D eigenvalue weighted by atomic mass is 32.2. The van der Waals surface area contributed by atoms with Gasteiger partial charge in [-0.05, 0) is 43.2 Å². The van der Waals surface area contributed by atoms with E-state index < -0.39 is 10.8 Å². The van der Waals surface area contributed by atoms with Crippen LogP contribution in [-0.4, -0.2) is 23.1 Å². The molecule has 128 valence electrons. The Kier molecular flexibility index (Phi) is 6.37. The predicted octanol–water partition coefficient (Wildman–Crippen LogP) is 3.45. The van der Waals surface area contributed by atoms with Crippen LogP contribution in [0.15, 0.2) is 47.4 Å². The predicted molar refractivity (Wildman–Crippen MR) is 97.0 cm³/mol. The first-order chi connectivity index (χ1) is 11.5. The fourth-order valence-electron chi connectivity index (χ4n) is 2.15. The molecule has 0 fully saturated rings. The summed E-state index contributed by atoms with van der Waals surface area (Å²) in [6.45, 7) is 4.86. The van der Waals surface area contributed by atoms with Crippen molar-refractivity contribution in [1.82, 2.24) is 5.32 Å². The van der Waals surface area contributed by atoms with E-state index in [-0.39, 0.29) is 6.03 Å². The lowest BCUT2D eigenvalue weighted by atomic mass is 10.2. The zero-order chi connectivity index (χ0) is 17.5. The molecule has 1 atom stereocenters. The number of urea groups is 1. The molecule has 0 bridgehead atoms. The number of carbonyl (C=O) groups excluding carboxylic acids is 1. The van der Waals surface area contributed by atoms with Crippen LogP contribution in [0.1, 0.15) is 18.1 Å². The van der Waals surface area contributed by atoms with Gasteiger partial charge in [0.15, 0.2) is 0 Å². The molecule has 5 nitrogen and oxygen atoms in total. The van der Waals surface area contributed by atoms with Crippen molar-refractivity contribution in [2.75, 3.05) is 18.2 Å². The van der Waals surface area contributed by atoms with Crippen LogP contribution in [0, 0.1) is 6.92 Å². The van der Waals surface area contributed by atoms with Gasteiger partial charge in [-0.25, -0.2) is 4.79 Å². The Morgan fingerprint density at radius 1 is 1.17 bits per heavy atom. The highest BCUT2D eigenvalue weighted by molar-refractivity contribution is 7.84. The smallest absolute Gasteiger partial charge is 0.319 e. The summed E-state index contributed by atoms with van der Waals surface area (Å²) in [4.78, 5) is 12.8. The number of carbonyl (C=O) groups is 1. The quantitative estimate of drug-likeness (QED) is 0.842. The molecule has 0 heterocycles. The lowest BCUT2D eigenvalue weighted by Crippen LogP contribution is -2.28. The highest BCUT2D eigenvalue weighted by Crippen LogP contribution is 2.22. The van der Waals surface area contributed by atoms with Crippen molar-refractivity contribution in [3.8, 4) is 5.75 Å². The van der Waals surface area contributed by atoms with Crippen molar-refractivity contribution < 1.29 is 13.7 Å². The molecule has 2 rings (SSSR count). The first-order valence-corrected chi connectivity index (χ1v) is 9.26. The van der Waals surface area contributed by atoms with E-state index in [9.17, 15) is 9.00 Å². The molecule has 2 N–H and O–H groups in total. The molecule has 6 heteroatoms. The summed E-state index contributed by atoms with van der Waals surface area (Å²) in [5.41, 5.74) is 2.65. The molecule has 0 unspecified atom stereocenters. The van der Waals surface area contributed by atoms with Crippen LogP contribution >= 0.6 is 0 Å². The fraction of sp³-hybridized carbons (Fsp3) is 0.278. The summed E-state index contributed by atoms with van der Waals surface area (Å²) >= 11 is 0. The van der Waals surface area contributed by atoms with Crippen LogP contribution < -0.4 is 15.4 Å². The van der Waals surface area contributed by atoms with Crippen LogP contribution in [0.2, 0.25) is 0 Å². The number of ether oxygens (including phenoxy) is 1. The van der Waals surface area contributed by atoms with Crippen molar-refractivity contribution in [3.05, 3.63) is 53.6 Å². The van der Waals surface area contributed by atoms with E-state index in [4.69, 9.17) is 4.74 Å². The molecule has 0 aromatic heterocycles. The minimum Gasteiger partial charge on any atom is -0.494 e. The van der Waals surface area contributed by atoms with Gasteiger partial charge in [0.25, 0.3) is 0 Å². The summed E-state index contributed by atoms with van der Waals surface area (Å²) in [6.07, 6.45) is 1.64. The lowest BCUT2D eigenvalue weighted by Gasteiger charge is -2.11. The number of aryl methyl sites for hydroxylation is 1. The molecular weight excluding hydrogens is 324 g/mol. The summed E-state index contributed by atoms with van der Waals surface area (Å²) in [5.74, 6) is 0.762. The lowest BCUT2D eigenvalue weighted by molar-refractivity contribution is 0.251. The maximum absolute atomic E-state index is 12.0. The van der Waals surface area contributed by atoms with E-state index in [1.165, 1.54) is 0 Å². The molecule has 0 aliphatic heterocycles. The van der Waals surface area contributed by atoms with Crippen molar-refractivity contribution in [2.45, 2.75) is 25.3 Å². The number of amides is 2. The summed E-state index contributed by atoms with van der Waals surface area (Å²) in [7, 11) is -0.994. The Hall–Kier alpha value is -2.34. The average molecular weight is 346 g/mol. The van der Waals surface area contributed by atoms with Gasteiger partial charge in [0.05, 0.1) is 6.61 Å². The Balaban J connectivity index is 1.91. The molecule has 0 spiro atoms. The fourth-order valence-corrected chi connectivity index (χ4v) is 2.66. The van der Waals surface area contributed by atoms with Crippen molar-refractivity contribution in [3.63, 3.8) is 0 Å². The number of rotatable bonds is 6. The van der Waals surface area contributed by atoms with Crippen molar-refractivity contribution in [1.29, 1.82) is 0 Å². The summed E-state index contributed by atoms with van der Waals surface area (Å²) in [5, 5.41) is 5.58. The molecule has 0 aliphatic carbocycles. The third kappa shape index (κ3) is 5.09. The van der Waals surface area contributed by atoms with Crippen molar-refractivity contribution in [2.24, 2.45) is 0 Å². The van der Waals surface area contributed by atoms with Gasteiger partial charge in [-0.3, -0.25) is 4.21 Å². The van der Waals surface area contributed by atoms with Crippen LogP contribution in [0.3, 0.4) is 0 Å². The van der Waals surface area contributed by atoms with E-state index >= 15 is 0 Å². The second kappa shape index (κ2) is 8.49. The van der Waals surface area contributed by atoms with Gasteiger partial charge in [0, 0.05) is 40.2 Å². The van der Waals surface area contributed by atoms with Crippen LogP contribution in [0.4, 0.5) is 10.5 Å². The van der Waals surface area contributed by atoms with Gasteiger partial charge >= 0.3 is 6.03 Å². The number of hydrogen-bond donors (Lipinski definition) is 2. The van der Waals surface area contributed by atoms with Gasteiger partial charge < -0.3 is 15.4 Å². The van der Waals surface area contributed by atoms with Gasteiger partial charge in [-0.1, -0.05) is 18.2 Å². The van der Waals surface area contributed by atoms with E-state index in [0.29, 0.717) is 18.8 Å². The van der Waals surface area contributed by atoms with Crippen LogP contribution in [-0.2, 0) is 17.3 Å². The molecule has 0 radical (unpaired) electrons. The maximum atomic E-state index is 12.0. The molecule has 2 aromatic rings. The normalized spacial score (nSPS) is 11.6. The average Bonchev–Trinajstić information content (AvgIpc) is 2.56. The first-order valence-electron chi connectivity index (χ1n) is 7.70. The van der Waals surface area contributed by atoms with Gasteiger partial charge in [-0.15, -0.1) is 0 Å². The van der Waals surface area contributed by atoms with Gasteiger partial charge in [0.2, 0.25) is 0 Å². The number of benzene rings is 2. The number of nitrogens with one attached hydrogen (secondary N) is 2. The highest BCUT2D eigenvalue weighted by Gasteiger charge is 2.05. The molecule has 2 amide bonds. The SMILES string of the molecule is CCOc1cc(NC(=O)NCc2ccc([S@@](C)=O)cc2)ccc1C. The zero-order valence-corrected chi connectivity index (χ0v) is 14.9. The molecule has 2 aromatic carbocycles. The van der Waals surface area contributed by atoms with Gasteiger partial charge in [-0.2, -0.15) is 0 Å². The van der Waals surface area contributed by atoms with E-state index in [2.05, 4.69) is 10.6 Å². The third-order valence-electron chi connectivity index (χ3n) is 3.45. The Bertz CT molecular complexity index is 730. The van der Waals surface area contributed by atoms with Gasteiger partial charge in [0.1, 0.15) is 5.75 Å². The van der Waals surface area contributed by atoms with E-state index in [0.717, 1.165) is 21.8 Å². The van der Waals surface area contributed by atoms with Crippen molar-refractivity contribution >= 4 is 22.5 Å². The Labute approximate surface area is 144 Å². The third-order valence-corrected chi connectivity index (χ3v) is 4.39. The second-order valence-corrected chi connectivity index (χ2v) is 6.70. The summed E-state index contributed by atoms with van der Waals surface area (Å²) in [6, 6.07) is 12.6. The second-order valence-electron chi connectivity index (χ2n) is 5.32.